The highest BCUT2D eigenvalue weighted by Gasteiger charge is 2.09. The standard InChI is InChI=1S/C16H14FN3O/c1-10-3-2-4-15(13(10)8-18)20-9-12-7-11(16(19)21)5-6-14(12)17/h2-7,20H,9H2,1H3,(H2,19,21). The normalized spacial score (nSPS) is 9.95. The summed E-state index contributed by atoms with van der Waals surface area (Å²) in [6, 6.07) is 11.5. The lowest BCUT2D eigenvalue weighted by Gasteiger charge is -2.11. The maximum Gasteiger partial charge on any atom is 0.248 e. The molecule has 0 saturated carbocycles. The van der Waals surface area contributed by atoms with Gasteiger partial charge in [0, 0.05) is 17.7 Å². The van der Waals surface area contributed by atoms with Crippen LogP contribution in [0.3, 0.4) is 0 Å². The molecule has 0 fully saturated rings. The van der Waals surface area contributed by atoms with Gasteiger partial charge in [-0.2, -0.15) is 5.26 Å². The average molecular weight is 283 g/mol. The lowest BCUT2D eigenvalue weighted by atomic mass is 10.1. The first-order chi connectivity index (χ1) is 10.0. The van der Waals surface area contributed by atoms with E-state index in [4.69, 9.17) is 11.0 Å². The number of anilines is 1. The van der Waals surface area contributed by atoms with Crippen molar-refractivity contribution in [3.8, 4) is 6.07 Å². The first kappa shape index (κ1) is 14.5. The third kappa shape index (κ3) is 3.18. The molecule has 0 bridgehead atoms. The Morgan fingerprint density at radius 1 is 1.38 bits per heavy atom. The molecule has 0 atom stereocenters. The van der Waals surface area contributed by atoms with Gasteiger partial charge in [0.15, 0.2) is 0 Å². The molecule has 21 heavy (non-hydrogen) atoms. The molecular weight excluding hydrogens is 269 g/mol. The van der Waals surface area contributed by atoms with Crippen molar-refractivity contribution in [1.29, 1.82) is 5.26 Å². The molecule has 0 radical (unpaired) electrons. The number of rotatable bonds is 4. The number of benzene rings is 2. The van der Waals surface area contributed by atoms with Crippen molar-refractivity contribution in [3.05, 3.63) is 64.5 Å². The van der Waals surface area contributed by atoms with E-state index < -0.39 is 11.7 Å². The lowest BCUT2D eigenvalue weighted by Crippen LogP contribution is -2.12. The Balaban J connectivity index is 2.25. The van der Waals surface area contributed by atoms with E-state index in [1.54, 1.807) is 6.07 Å². The van der Waals surface area contributed by atoms with Crippen LogP contribution in [-0.2, 0) is 6.54 Å². The molecule has 106 valence electrons. The molecule has 0 aliphatic rings. The van der Waals surface area contributed by atoms with E-state index in [1.807, 2.05) is 19.1 Å². The number of nitrogens with zero attached hydrogens (tertiary/aromatic N) is 1. The van der Waals surface area contributed by atoms with Gasteiger partial charge < -0.3 is 11.1 Å². The first-order valence-corrected chi connectivity index (χ1v) is 6.34. The topological polar surface area (TPSA) is 78.9 Å². The Morgan fingerprint density at radius 3 is 2.81 bits per heavy atom. The Labute approximate surface area is 122 Å². The number of hydrogen-bond donors (Lipinski definition) is 2. The molecule has 3 N–H and O–H groups in total. The highest BCUT2D eigenvalue weighted by atomic mass is 19.1. The van der Waals surface area contributed by atoms with Crippen LogP contribution in [-0.4, -0.2) is 5.91 Å². The molecule has 0 heterocycles. The quantitative estimate of drug-likeness (QED) is 0.905. The van der Waals surface area contributed by atoms with Gasteiger partial charge in [0.2, 0.25) is 5.91 Å². The van der Waals surface area contributed by atoms with Gasteiger partial charge in [-0.15, -0.1) is 0 Å². The number of hydrogen-bond acceptors (Lipinski definition) is 3. The van der Waals surface area contributed by atoms with Crippen LogP contribution in [0.2, 0.25) is 0 Å². The number of primary amides is 1. The fourth-order valence-corrected chi connectivity index (χ4v) is 2.02. The highest BCUT2D eigenvalue weighted by Crippen LogP contribution is 2.20. The third-order valence-corrected chi connectivity index (χ3v) is 3.18. The minimum absolute atomic E-state index is 0.158. The number of halogens is 1. The number of nitrogens with two attached hydrogens (primary N) is 1. The molecule has 0 aliphatic heterocycles. The van der Waals surface area contributed by atoms with E-state index in [9.17, 15) is 9.18 Å². The Hall–Kier alpha value is -2.87. The lowest BCUT2D eigenvalue weighted by molar-refractivity contribution is 0.1000. The average Bonchev–Trinajstić information content (AvgIpc) is 2.46. The second-order valence-electron chi connectivity index (χ2n) is 4.63. The second kappa shape index (κ2) is 6.06. The van der Waals surface area contributed by atoms with Crippen LogP contribution in [0.25, 0.3) is 0 Å². The molecule has 0 aliphatic carbocycles. The van der Waals surface area contributed by atoms with Gasteiger partial charge in [-0.25, -0.2) is 4.39 Å². The SMILES string of the molecule is Cc1cccc(NCc2cc(C(N)=O)ccc2F)c1C#N. The fraction of sp³-hybridized carbons (Fsp3) is 0.125. The maximum absolute atomic E-state index is 13.7. The molecule has 0 unspecified atom stereocenters. The molecular formula is C16H14FN3O. The molecule has 2 rings (SSSR count). The molecule has 5 heteroatoms. The summed E-state index contributed by atoms with van der Waals surface area (Å²) < 4.78 is 13.7. The number of carbonyl (C=O) groups is 1. The number of nitrogens with one attached hydrogen (secondary N) is 1. The monoisotopic (exact) mass is 283 g/mol. The van der Waals surface area contributed by atoms with Gasteiger partial charge in [0.25, 0.3) is 0 Å². The van der Waals surface area contributed by atoms with Crippen molar-refractivity contribution >= 4 is 11.6 Å². The van der Waals surface area contributed by atoms with Gasteiger partial charge in [-0.1, -0.05) is 12.1 Å². The Morgan fingerprint density at radius 2 is 2.14 bits per heavy atom. The largest absolute Gasteiger partial charge is 0.380 e. The highest BCUT2D eigenvalue weighted by molar-refractivity contribution is 5.92. The summed E-state index contributed by atoms with van der Waals surface area (Å²) in [5, 5.41) is 12.2. The van der Waals surface area contributed by atoms with Crippen molar-refractivity contribution < 1.29 is 9.18 Å². The molecule has 0 spiro atoms. The predicted molar refractivity (Wildman–Crippen MR) is 78.1 cm³/mol. The van der Waals surface area contributed by atoms with Crippen molar-refractivity contribution in [1.82, 2.24) is 0 Å². The van der Waals surface area contributed by atoms with E-state index >= 15 is 0 Å². The number of aryl methyl sites for hydroxylation is 1. The van der Waals surface area contributed by atoms with Crippen LogP contribution in [0.15, 0.2) is 36.4 Å². The number of carbonyl (C=O) groups excluding carboxylic acids is 1. The second-order valence-corrected chi connectivity index (χ2v) is 4.63. The van der Waals surface area contributed by atoms with Gasteiger partial charge in [-0.05, 0) is 36.8 Å². The van der Waals surface area contributed by atoms with Crippen LogP contribution in [0.4, 0.5) is 10.1 Å². The molecule has 2 aromatic carbocycles. The summed E-state index contributed by atoms with van der Waals surface area (Å²) >= 11 is 0. The van der Waals surface area contributed by atoms with Gasteiger partial charge in [0.05, 0.1) is 11.3 Å². The number of nitriles is 1. The maximum atomic E-state index is 13.7. The van der Waals surface area contributed by atoms with E-state index in [2.05, 4.69) is 11.4 Å². The van der Waals surface area contributed by atoms with Crippen LogP contribution in [0.1, 0.15) is 27.0 Å². The van der Waals surface area contributed by atoms with Gasteiger partial charge in [0.1, 0.15) is 11.9 Å². The fourth-order valence-electron chi connectivity index (χ4n) is 2.02. The Bertz CT molecular complexity index is 735. The third-order valence-electron chi connectivity index (χ3n) is 3.18. The minimum atomic E-state index is -0.607. The van der Waals surface area contributed by atoms with Crippen LogP contribution < -0.4 is 11.1 Å². The molecule has 2 aromatic rings. The van der Waals surface area contributed by atoms with Crippen LogP contribution in [0, 0.1) is 24.1 Å². The van der Waals surface area contributed by atoms with Gasteiger partial charge >= 0.3 is 0 Å². The Kier molecular flexibility index (Phi) is 4.19. The molecule has 0 aromatic heterocycles. The van der Waals surface area contributed by atoms with Crippen molar-refractivity contribution in [2.75, 3.05) is 5.32 Å². The van der Waals surface area contributed by atoms with Crippen molar-refractivity contribution in [2.24, 2.45) is 5.73 Å². The van der Waals surface area contributed by atoms with Crippen molar-refractivity contribution in [3.63, 3.8) is 0 Å². The van der Waals surface area contributed by atoms with E-state index in [0.717, 1.165) is 5.56 Å². The molecule has 1 amide bonds. The minimum Gasteiger partial charge on any atom is -0.380 e. The van der Waals surface area contributed by atoms with Crippen LogP contribution >= 0.6 is 0 Å². The van der Waals surface area contributed by atoms with Crippen LogP contribution in [0.5, 0.6) is 0 Å². The van der Waals surface area contributed by atoms with Crippen molar-refractivity contribution in [2.45, 2.75) is 13.5 Å². The summed E-state index contributed by atoms with van der Waals surface area (Å²) in [5.41, 5.74) is 7.73. The molecule has 0 saturated heterocycles. The summed E-state index contributed by atoms with van der Waals surface area (Å²) in [5.74, 6) is -1.04. The first-order valence-electron chi connectivity index (χ1n) is 6.34. The summed E-state index contributed by atoms with van der Waals surface area (Å²) in [6.45, 7) is 1.99. The smallest absolute Gasteiger partial charge is 0.248 e. The summed E-state index contributed by atoms with van der Waals surface area (Å²) in [7, 11) is 0. The van der Waals surface area contributed by atoms with E-state index in [0.29, 0.717) is 16.8 Å². The van der Waals surface area contributed by atoms with E-state index in [1.165, 1.54) is 18.2 Å². The summed E-state index contributed by atoms with van der Waals surface area (Å²) in [4.78, 5) is 11.1. The molecule has 4 nitrogen and oxygen atoms in total. The zero-order valence-corrected chi connectivity index (χ0v) is 11.5. The van der Waals surface area contributed by atoms with Gasteiger partial charge in [-0.3, -0.25) is 4.79 Å². The summed E-state index contributed by atoms with van der Waals surface area (Å²) in [6.07, 6.45) is 0. The zero-order chi connectivity index (χ0) is 15.4. The number of amides is 1. The predicted octanol–water partition coefficient (Wildman–Crippen LogP) is 2.72. The van der Waals surface area contributed by atoms with E-state index in [-0.39, 0.29) is 12.1 Å². The zero-order valence-electron chi connectivity index (χ0n) is 11.5.